The van der Waals surface area contributed by atoms with E-state index in [1.54, 1.807) is 10.7 Å². The van der Waals surface area contributed by atoms with Crippen LogP contribution in [0.1, 0.15) is 29.3 Å². The molecule has 0 bridgehead atoms. The minimum atomic E-state index is -0.0381. The molecular weight excluding hydrogens is 336 g/mol. The van der Waals surface area contributed by atoms with Crippen molar-refractivity contribution in [3.63, 3.8) is 0 Å². The summed E-state index contributed by atoms with van der Waals surface area (Å²) < 4.78 is 1.68. The van der Waals surface area contributed by atoms with Crippen LogP contribution >= 0.6 is 0 Å². The maximum atomic E-state index is 12.8. The summed E-state index contributed by atoms with van der Waals surface area (Å²) in [5.74, 6) is 0.667. The van der Waals surface area contributed by atoms with Gasteiger partial charge in [0.15, 0.2) is 5.65 Å². The van der Waals surface area contributed by atoms with E-state index in [0.29, 0.717) is 17.9 Å². The average Bonchev–Trinajstić information content (AvgIpc) is 3.07. The number of anilines is 1. The molecule has 2 heterocycles. The molecule has 0 aliphatic heterocycles. The molecule has 5 heteroatoms. The van der Waals surface area contributed by atoms with Crippen LogP contribution in [0.25, 0.3) is 5.65 Å². The van der Waals surface area contributed by atoms with Crippen molar-refractivity contribution in [2.45, 2.75) is 19.3 Å². The Morgan fingerprint density at radius 3 is 2.22 bits per heavy atom. The number of amides is 1. The van der Waals surface area contributed by atoms with Crippen LogP contribution in [0.4, 0.5) is 5.69 Å². The van der Waals surface area contributed by atoms with Gasteiger partial charge in [-0.05, 0) is 30.2 Å². The Kier molecular flexibility index (Phi) is 4.66. The standard InChI is InChI=1S/C22H20N4O/c1-16-23-21-13-12-19(15-26(21)25-16)24-22(27)14-20(17-8-4-2-5-9-17)18-10-6-3-7-11-18/h2-13,15,20H,14H2,1H3,(H,24,27). The highest BCUT2D eigenvalue weighted by Crippen LogP contribution is 2.28. The summed E-state index contributed by atoms with van der Waals surface area (Å²) in [5, 5.41) is 7.28. The van der Waals surface area contributed by atoms with E-state index in [1.807, 2.05) is 55.5 Å². The topological polar surface area (TPSA) is 59.3 Å². The monoisotopic (exact) mass is 356 g/mol. The summed E-state index contributed by atoms with van der Waals surface area (Å²) in [6.45, 7) is 1.84. The van der Waals surface area contributed by atoms with Gasteiger partial charge >= 0.3 is 0 Å². The highest BCUT2D eigenvalue weighted by Gasteiger charge is 2.18. The number of carbonyl (C=O) groups excluding carboxylic acids is 1. The van der Waals surface area contributed by atoms with Gasteiger partial charge in [-0.2, -0.15) is 5.10 Å². The van der Waals surface area contributed by atoms with E-state index in [1.165, 1.54) is 0 Å². The van der Waals surface area contributed by atoms with Gasteiger partial charge in [-0.1, -0.05) is 60.7 Å². The van der Waals surface area contributed by atoms with Crippen LogP contribution in [0.2, 0.25) is 0 Å². The van der Waals surface area contributed by atoms with Crippen molar-refractivity contribution in [2.24, 2.45) is 0 Å². The number of nitrogens with zero attached hydrogens (tertiary/aromatic N) is 3. The Morgan fingerprint density at radius 1 is 0.963 bits per heavy atom. The van der Waals surface area contributed by atoms with Gasteiger partial charge in [-0.25, -0.2) is 9.50 Å². The summed E-state index contributed by atoms with van der Waals surface area (Å²) in [4.78, 5) is 17.1. The summed E-state index contributed by atoms with van der Waals surface area (Å²) >= 11 is 0. The largest absolute Gasteiger partial charge is 0.325 e. The number of aryl methyl sites for hydroxylation is 1. The Bertz CT molecular complexity index is 1020. The minimum Gasteiger partial charge on any atom is -0.325 e. The number of pyridine rings is 1. The molecule has 1 amide bonds. The lowest BCUT2D eigenvalue weighted by molar-refractivity contribution is -0.116. The van der Waals surface area contributed by atoms with E-state index >= 15 is 0 Å². The van der Waals surface area contributed by atoms with Gasteiger partial charge in [0.05, 0.1) is 11.9 Å². The van der Waals surface area contributed by atoms with E-state index in [-0.39, 0.29) is 11.8 Å². The maximum absolute atomic E-state index is 12.8. The predicted octanol–water partition coefficient (Wildman–Crippen LogP) is 4.20. The molecule has 2 aromatic carbocycles. The minimum absolute atomic E-state index is 0.00439. The highest BCUT2D eigenvalue weighted by molar-refractivity contribution is 5.91. The number of hydrogen-bond donors (Lipinski definition) is 1. The number of nitrogens with one attached hydrogen (secondary N) is 1. The third-order valence-corrected chi connectivity index (χ3v) is 4.51. The van der Waals surface area contributed by atoms with Crippen LogP contribution in [-0.4, -0.2) is 20.5 Å². The SMILES string of the molecule is Cc1nc2ccc(NC(=O)CC(c3ccccc3)c3ccccc3)cn2n1. The van der Waals surface area contributed by atoms with Crippen molar-refractivity contribution in [3.8, 4) is 0 Å². The summed E-state index contributed by atoms with van der Waals surface area (Å²) in [6.07, 6.45) is 2.15. The molecule has 27 heavy (non-hydrogen) atoms. The number of aromatic nitrogens is 3. The van der Waals surface area contributed by atoms with Crippen molar-refractivity contribution in [1.29, 1.82) is 0 Å². The number of fused-ring (bicyclic) bond motifs is 1. The van der Waals surface area contributed by atoms with Gasteiger partial charge in [0.1, 0.15) is 5.82 Å². The molecule has 134 valence electrons. The molecule has 0 spiro atoms. The quantitative estimate of drug-likeness (QED) is 0.583. The fraction of sp³-hybridized carbons (Fsp3) is 0.136. The van der Waals surface area contributed by atoms with Crippen molar-refractivity contribution >= 4 is 17.2 Å². The fourth-order valence-electron chi connectivity index (χ4n) is 3.26. The molecule has 1 N–H and O–H groups in total. The average molecular weight is 356 g/mol. The lowest BCUT2D eigenvalue weighted by atomic mass is 9.88. The Morgan fingerprint density at radius 2 is 1.59 bits per heavy atom. The number of benzene rings is 2. The molecule has 4 rings (SSSR count). The van der Waals surface area contributed by atoms with E-state index < -0.39 is 0 Å². The zero-order valence-corrected chi connectivity index (χ0v) is 15.0. The molecule has 0 unspecified atom stereocenters. The molecule has 2 aromatic heterocycles. The van der Waals surface area contributed by atoms with Gasteiger partial charge in [0.2, 0.25) is 5.91 Å². The highest BCUT2D eigenvalue weighted by atomic mass is 16.1. The fourth-order valence-corrected chi connectivity index (χ4v) is 3.26. The molecule has 0 radical (unpaired) electrons. The molecule has 0 aliphatic rings. The van der Waals surface area contributed by atoms with Crippen LogP contribution in [-0.2, 0) is 4.79 Å². The Balaban J connectivity index is 1.56. The molecule has 4 aromatic rings. The first kappa shape index (κ1) is 17.0. The Hall–Kier alpha value is -3.47. The summed E-state index contributed by atoms with van der Waals surface area (Å²) in [6, 6.07) is 23.9. The first-order valence-electron chi connectivity index (χ1n) is 8.92. The van der Waals surface area contributed by atoms with Crippen LogP contribution < -0.4 is 5.32 Å². The number of hydrogen-bond acceptors (Lipinski definition) is 3. The predicted molar refractivity (Wildman–Crippen MR) is 106 cm³/mol. The zero-order valence-electron chi connectivity index (χ0n) is 15.0. The second-order valence-electron chi connectivity index (χ2n) is 6.51. The summed E-state index contributed by atoms with van der Waals surface area (Å²) in [7, 11) is 0. The van der Waals surface area contributed by atoms with Crippen LogP contribution in [0.5, 0.6) is 0 Å². The lowest BCUT2D eigenvalue weighted by Gasteiger charge is -2.18. The number of rotatable bonds is 5. The first-order valence-corrected chi connectivity index (χ1v) is 8.92. The van der Waals surface area contributed by atoms with Gasteiger partial charge in [-0.15, -0.1) is 0 Å². The van der Waals surface area contributed by atoms with Gasteiger partial charge in [0, 0.05) is 12.3 Å². The lowest BCUT2D eigenvalue weighted by Crippen LogP contribution is -2.16. The molecule has 0 fully saturated rings. The number of carbonyl (C=O) groups is 1. The van der Waals surface area contributed by atoms with Crippen molar-refractivity contribution in [1.82, 2.24) is 14.6 Å². The van der Waals surface area contributed by atoms with Gasteiger partial charge in [0.25, 0.3) is 0 Å². The van der Waals surface area contributed by atoms with Gasteiger partial charge < -0.3 is 5.32 Å². The van der Waals surface area contributed by atoms with Crippen LogP contribution in [0.15, 0.2) is 79.0 Å². The second-order valence-corrected chi connectivity index (χ2v) is 6.51. The molecule has 0 aliphatic carbocycles. The normalized spacial score (nSPS) is 11.0. The van der Waals surface area contributed by atoms with Crippen molar-refractivity contribution in [2.75, 3.05) is 5.32 Å². The van der Waals surface area contributed by atoms with Crippen molar-refractivity contribution in [3.05, 3.63) is 95.9 Å². The van der Waals surface area contributed by atoms with Crippen LogP contribution in [0, 0.1) is 6.92 Å². The molecule has 0 saturated heterocycles. The van der Waals surface area contributed by atoms with E-state index in [0.717, 1.165) is 16.8 Å². The smallest absolute Gasteiger partial charge is 0.225 e. The third kappa shape index (κ3) is 3.87. The third-order valence-electron chi connectivity index (χ3n) is 4.51. The molecule has 5 nitrogen and oxygen atoms in total. The second kappa shape index (κ2) is 7.41. The molecule has 0 atom stereocenters. The zero-order chi connectivity index (χ0) is 18.6. The summed E-state index contributed by atoms with van der Waals surface area (Å²) in [5.41, 5.74) is 3.72. The Labute approximate surface area is 157 Å². The van der Waals surface area contributed by atoms with E-state index in [9.17, 15) is 4.79 Å². The van der Waals surface area contributed by atoms with Crippen LogP contribution in [0.3, 0.4) is 0 Å². The van der Waals surface area contributed by atoms with E-state index in [4.69, 9.17) is 0 Å². The maximum Gasteiger partial charge on any atom is 0.225 e. The van der Waals surface area contributed by atoms with Gasteiger partial charge in [-0.3, -0.25) is 4.79 Å². The molecular formula is C22H20N4O. The van der Waals surface area contributed by atoms with Crippen molar-refractivity contribution < 1.29 is 4.79 Å². The van der Waals surface area contributed by atoms with E-state index in [2.05, 4.69) is 39.7 Å². The first-order chi connectivity index (χ1) is 13.2. The molecule has 0 saturated carbocycles.